The molecular formula is C11H11NO2. The van der Waals surface area contributed by atoms with Gasteiger partial charge >= 0.3 is 0 Å². The molecule has 0 atom stereocenters. The van der Waals surface area contributed by atoms with E-state index in [0.29, 0.717) is 17.5 Å². The summed E-state index contributed by atoms with van der Waals surface area (Å²) in [7, 11) is 0. The van der Waals surface area contributed by atoms with Gasteiger partial charge in [0, 0.05) is 17.3 Å². The Morgan fingerprint density at radius 1 is 1.43 bits per heavy atom. The highest BCUT2D eigenvalue weighted by atomic mass is 16.3. The second-order valence-electron chi connectivity index (χ2n) is 3.17. The SMILES string of the molecule is CCC(=O)c1[nH]c2ccccc2c1O. The second kappa shape index (κ2) is 3.18. The molecule has 0 aliphatic heterocycles. The molecule has 0 spiro atoms. The van der Waals surface area contributed by atoms with Crippen LogP contribution in [0.15, 0.2) is 24.3 Å². The molecule has 0 amide bonds. The third-order valence-electron chi connectivity index (χ3n) is 2.28. The van der Waals surface area contributed by atoms with E-state index in [-0.39, 0.29) is 11.5 Å². The van der Waals surface area contributed by atoms with E-state index in [1.165, 1.54) is 0 Å². The number of aromatic hydroxyl groups is 1. The molecule has 0 bridgehead atoms. The van der Waals surface area contributed by atoms with Crippen molar-refractivity contribution in [2.75, 3.05) is 0 Å². The number of benzene rings is 1. The third kappa shape index (κ3) is 1.18. The largest absolute Gasteiger partial charge is 0.505 e. The summed E-state index contributed by atoms with van der Waals surface area (Å²) in [5.74, 6) is -0.00819. The molecule has 3 nitrogen and oxygen atoms in total. The Hall–Kier alpha value is -1.77. The predicted octanol–water partition coefficient (Wildman–Crippen LogP) is 2.47. The predicted molar refractivity (Wildman–Crippen MR) is 54.6 cm³/mol. The van der Waals surface area contributed by atoms with Gasteiger partial charge in [-0.2, -0.15) is 0 Å². The minimum atomic E-state index is -0.0706. The zero-order valence-electron chi connectivity index (χ0n) is 7.87. The first-order valence-corrected chi connectivity index (χ1v) is 4.57. The minimum absolute atomic E-state index is 0.0625. The summed E-state index contributed by atoms with van der Waals surface area (Å²) in [5.41, 5.74) is 1.11. The Morgan fingerprint density at radius 3 is 2.79 bits per heavy atom. The van der Waals surface area contributed by atoms with Gasteiger partial charge in [-0.1, -0.05) is 19.1 Å². The van der Waals surface area contributed by atoms with Gasteiger partial charge in [0.05, 0.1) is 0 Å². The molecule has 0 saturated heterocycles. The number of ketones is 1. The van der Waals surface area contributed by atoms with Crippen LogP contribution in [0.3, 0.4) is 0 Å². The molecule has 0 unspecified atom stereocenters. The average molecular weight is 189 g/mol. The molecule has 0 saturated carbocycles. The monoisotopic (exact) mass is 189 g/mol. The number of rotatable bonds is 2. The topological polar surface area (TPSA) is 53.1 Å². The molecule has 1 aromatic carbocycles. The number of fused-ring (bicyclic) bond motifs is 1. The molecule has 2 N–H and O–H groups in total. The van der Waals surface area contributed by atoms with Gasteiger partial charge in [0.15, 0.2) is 11.5 Å². The average Bonchev–Trinajstić information content (AvgIpc) is 2.56. The van der Waals surface area contributed by atoms with Crippen LogP contribution in [0.2, 0.25) is 0 Å². The number of hydrogen-bond acceptors (Lipinski definition) is 2. The first-order chi connectivity index (χ1) is 6.74. The molecule has 0 radical (unpaired) electrons. The zero-order valence-corrected chi connectivity index (χ0v) is 7.87. The maximum Gasteiger partial charge on any atom is 0.182 e. The second-order valence-corrected chi connectivity index (χ2v) is 3.17. The Balaban J connectivity index is 2.68. The molecule has 0 aliphatic carbocycles. The van der Waals surface area contributed by atoms with Crippen molar-refractivity contribution in [3.63, 3.8) is 0 Å². The van der Waals surface area contributed by atoms with Gasteiger partial charge in [0.25, 0.3) is 0 Å². The van der Waals surface area contributed by atoms with Gasteiger partial charge in [0.1, 0.15) is 5.69 Å². The summed E-state index contributed by atoms with van der Waals surface area (Å²) in [4.78, 5) is 14.3. The quantitative estimate of drug-likeness (QED) is 0.713. The number of para-hydroxylation sites is 1. The van der Waals surface area contributed by atoms with Crippen LogP contribution in [0.5, 0.6) is 5.75 Å². The number of aromatic nitrogens is 1. The highest BCUT2D eigenvalue weighted by Crippen LogP contribution is 2.29. The molecule has 3 heteroatoms. The Morgan fingerprint density at radius 2 is 2.14 bits per heavy atom. The highest BCUT2D eigenvalue weighted by Gasteiger charge is 2.14. The number of carbonyl (C=O) groups is 1. The van der Waals surface area contributed by atoms with Crippen LogP contribution in [-0.2, 0) is 0 Å². The zero-order chi connectivity index (χ0) is 10.1. The van der Waals surface area contributed by atoms with Crippen molar-refractivity contribution in [2.24, 2.45) is 0 Å². The van der Waals surface area contributed by atoms with E-state index in [1.54, 1.807) is 13.0 Å². The molecular weight excluding hydrogens is 178 g/mol. The third-order valence-corrected chi connectivity index (χ3v) is 2.28. The maximum atomic E-state index is 11.4. The van der Waals surface area contributed by atoms with E-state index in [1.807, 2.05) is 18.2 Å². The fourth-order valence-corrected chi connectivity index (χ4v) is 1.51. The van der Waals surface area contributed by atoms with Crippen molar-refractivity contribution in [3.8, 4) is 5.75 Å². The Bertz CT molecular complexity index is 485. The molecule has 1 heterocycles. The van der Waals surface area contributed by atoms with E-state index in [0.717, 1.165) is 5.52 Å². The molecule has 2 aromatic rings. The fourth-order valence-electron chi connectivity index (χ4n) is 1.51. The lowest BCUT2D eigenvalue weighted by molar-refractivity contribution is 0.0981. The van der Waals surface area contributed by atoms with Gasteiger partial charge in [0.2, 0.25) is 0 Å². The van der Waals surface area contributed by atoms with Crippen LogP contribution in [0.4, 0.5) is 0 Å². The smallest absolute Gasteiger partial charge is 0.182 e. The molecule has 14 heavy (non-hydrogen) atoms. The summed E-state index contributed by atoms with van der Waals surface area (Å²) in [6.07, 6.45) is 0.389. The lowest BCUT2D eigenvalue weighted by Gasteiger charge is -1.93. The van der Waals surface area contributed by atoms with Gasteiger partial charge in [-0.05, 0) is 12.1 Å². The molecule has 0 fully saturated rings. The number of carbonyl (C=O) groups excluding carboxylic acids is 1. The number of aromatic amines is 1. The van der Waals surface area contributed by atoms with Crippen LogP contribution in [0.1, 0.15) is 23.8 Å². The Kier molecular flexibility index (Phi) is 2.00. The molecule has 2 rings (SSSR count). The van der Waals surface area contributed by atoms with Crippen molar-refractivity contribution in [3.05, 3.63) is 30.0 Å². The van der Waals surface area contributed by atoms with E-state index in [4.69, 9.17) is 0 Å². The lowest BCUT2D eigenvalue weighted by Crippen LogP contribution is -1.96. The van der Waals surface area contributed by atoms with Crippen molar-refractivity contribution in [1.82, 2.24) is 4.98 Å². The lowest BCUT2D eigenvalue weighted by atomic mass is 10.2. The van der Waals surface area contributed by atoms with Crippen LogP contribution < -0.4 is 0 Å². The van der Waals surface area contributed by atoms with Crippen molar-refractivity contribution < 1.29 is 9.90 Å². The molecule has 72 valence electrons. The maximum absolute atomic E-state index is 11.4. The molecule has 0 aliphatic rings. The van der Waals surface area contributed by atoms with E-state index < -0.39 is 0 Å². The van der Waals surface area contributed by atoms with Gasteiger partial charge in [-0.3, -0.25) is 4.79 Å². The summed E-state index contributed by atoms with van der Waals surface area (Å²) in [6.45, 7) is 1.77. The first kappa shape index (κ1) is 8.81. The van der Waals surface area contributed by atoms with Gasteiger partial charge in [-0.15, -0.1) is 0 Å². The van der Waals surface area contributed by atoms with Crippen molar-refractivity contribution in [2.45, 2.75) is 13.3 Å². The van der Waals surface area contributed by atoms with E-state index in [2.05, 4.69) is 4.98 Å². The van der Waals surface area contributed by atoms with Crippen LogP contribution in [0, 0.1) is 0 Å². The first-order valence-electron chi connectivity index (χ1n) is 4.57. The number of nitrogens with one attached hydrogen (secondary N) is 1. The van der Waals surface area contributed by atoms with Crippen molar-refractivity contribution in [1.29, 1.82) is 0 Å². The summed E-state index contributed by atoms with van der Waals surface area (Å²) in [6, 6.07) is 7.31. The summed E-state index contributed by atoms with van der Waals surface area (Å²) >= 11 is 0. The molecule has 1 aromatic heterocycles. The van der Waals surface area contributed by atoms with Crippen LogP contribution in [0.25, 0.3) is 10.9 Å². The van der Waals surface area contributed by atoms with Crippen molar-refractivity contribution >= 4 is 16.7 Å². The number of Topliss-reactive ketones (excluding diaryl/α,β-unsaturated/α-hetero) is 1. The van der Waals surface area contributed by atoms with E-state index in [9.17, 15) is 9.90 Å². The standard InChI is InChI=1S/C11H11NO2/c1-2-9(13)10-11(14)7-5-3-4-6-8(7)12-10/h3-6,12,14H,2H2,1H3. The van der Waals surface area contributed by atoms with Crippen LogP contribution >= 0.6 is 0 Å². The summed E-state index contributed by atoms with van der Waals surface area (Å²) < 4.78 is 0. The number of hydrogen-bond donors (Lipinski definition) is 2. The normalized spacial score (nSPS) is 10.6. The Labute approximate surface area is 81.4 Å². The summed E-state index contributed by atoms with van der Waals surface area (Å²) in [5, 5.41) is 10.4. The fraction of sp³-hybridized carbons (Fsp3) is 0.182. The highest BCUT2D eigenvalue weighted by molar-refractivity contribution is 6.04. The minimum Gasteiger partial charge on any atom is -0.505 e. The van der Waals surface area contributed by atoms with E-state index >= 15 is 0 Å². The number of H-pyrrole nitrogens is 1. The van der Waals surface area contributed by atoms with Gasteiger partial charge < -0.3 is 10.1 Å². The van der Waals surface area contributed by atoms with Gasteiger partial charge in [-0.25, -0.2) is 0 Å². The van der Waals surface area contributed by atoms with Crippen LogP contribution in [-0.4, -0.2) is 15.9 Å².